The number of Topliss-reactive ketones (excluding diaryl/α,β-unsaturated/α-hetero) is 1. The standard InChI is InChI=1S/C27H23F3N2O3S/c1-16-32-24(15-35-16)21(25(33)10-5-17-2-6-19(28)7-3-17)13-20-8-11-26(36-20)27(34)31-14-18-4-9-22(29)23(30)12-18/h2-4,6-9,11-12,15,21H,5,10,13-14H2,1H3,(H,31,34)/t21-/m0/s1. The summed E-state index contributed by atoms with van der Waals surface area (Å²) in [6.45, 7) is 1.75. The Bertz CT molecular complexity index is 1360. The van der Waals surface area contributed by atoms with Gasteiger partial charge >= 0.3 is 0 Å². The summed E-state index contributed by atoms with van der Waals surface area (Å²) in [5.74, 6) is -2.75. The predicted octanol–water partition coefficient (Wildman–Crippen LogP) is 5.92. The van der Waals surface area contributed by atoms with Crippen LogP contribution in [-0.2, 0) is 24.2 Å². The zero-order chi connectivity index (χ0) is 25.7. The second-order valence-electron chi connectivity index (χ2n) is 8.34. The largest absolute Gasteiger partial charge is 0.449 e. The number of ketones is 1. The molecule has 36 heavy (non-hydrogen) atoms. The first kappa shape index (κ1) is 25.4. The maximum Gasteiger partial charge on any atom is 0.261 e. The van der Waals surface area contributed by atoms with Gasteiger partial charge in [-0.2, -0.15) is 0 Å². The summed E-state index contributed by atoms with van der Waals surface area (Å²) in [6.07, 6.45) is 2.53. The number of hydrogen-bond acceptors (Lipinski definition) is 5. The fourth-order valence-corrected chi connectivity index (χ4v) is 4.72. The number of oxazole rings is 1. The molecule has 0 fully saturated rings. The van der Waals surface area contributed by atoms with Crippen molar-refractivity contribution in [2.45, 2.75) is 38.6 Å². The molecule has 0 bridgehead atoms. The molecule has 5 nitrogen and oxygen atoms in total. The van der Waals surface area contributed by atoms with Crippen molar-refractivity contribution in [2.24, 2.45) is 0 Å². The molecular weight excluding hydrogens is 489 g/mol. The zero-order valence-corrected chi connectivity index (χ0v) is 20.2. The van der Waals surface area contributed by atoms with Gasteiger partial charge in [-0.05, 0) is 60.4 Å². The number of thiophene rings is 1. The molecule has 4 rings (SSSR count). The average molecular weight is 513 g/mol. The van der Waals surface area contributed by atoms with Crippen LogP contribution in [0.4, 0.5) is 13.2 Å². The number of aromatic nitrogens is 1. The van der Waals surface area contributed by atoms with E-state index in [1.54, 1.807) is 31.2 Å². The van der Waals surface area contributed by atoms with E-state index in [0.29, 0.717) is 34.9 Å². The Kier molecular flexibility index (Phi) is 8.00. The van der Waals surface area contributed by atoms with Gasteiger partial charge in [-0.1, -0.05) is 18.2 Å². The molecule has 0 radical (unpaired) electrons. The number of rotatable bonds is 10. The Balaban J connectivity index is 1.41. The molecule has 2 heterocycles. The van der Waals surface area contributed by atoms with Gasteiger partial charge in [-0.15, -0.1) is 11.3 Å². The first-order valence-electron chi connectivity index (χ1n) is 11.3. The van der Waals surface area contributed by atoms with Crippen LogP contribution in [0.5, 0.6) is 0 Å². The second-order valence-corrected chi connectivity index (χ2v) is 9.51. The summed E-state index contributed by atoms with van der Waals surface area (Å²) in [5, 5.41) is 2.69. The predicted molar refractivity (Wildman–Crippen MR) is 129 cm³/mol. The lowest BCUT2D eigenvalue weighted by atomic mass is 9.92. The molecule has 0 aliphatic rings. The Morgan fingerprint density at radius 1 is 1.00 bits per heavy atom. The summed E-state index contributed by atoms with van der Waals surface area (Å²) >= 11 is 1.25. The number of hydrogen-bond donors (Lipinski definition) is 1. The molecule has 1 amide bonds. The summed E-state index contributed by atoms with van der Waals surface area (Å²) < 4.78 is 45.0. The van der Waals surface area contributed by atoms with Gasteiger partial charge in [0.25, 0.3) is 5.91 Å². The van der Waals surface area contributed by atoms with E-state index in [2.05, 4.69) is 10.3 Å². The average Bonchev–Trinajstić information content (AvgIpc) is 3.51. The van der Waals surface area contributed by atoms with Crippen LogP contribution < -0.4 is 5.32 Å². The summed E-state index contributed by atoms with van der Waals surface area (Å²) in [7, 11) is 0. The van der Waals surface area contributed by atoms with E-state index >= 15 is 0 Å². The summed E-state index contributed by atoms with van der Waals surface area (Å²) in [4.78, 5) is 31.3. The van der Waals surface area contributed by atoms with Crippen LogP contribution in [0, 0.1) is 24.4 Å². The monoisotopic (exact) mass is 512 g/mol. The van der Waals surface area contributed by atoms with Crippen LogP contribution in [0.15, 0.2) is 65.3 Å². The summed E-state index contributed by atoms with van der Waals surface area (Å²) in [5.41, 5.74) is 1.82. The number of nitrogens with zero attached hydrogens (tertiary/aromatic N) is 1. The molecule has 0 saturated heterocycles. The maximum atomic E-state index is 13.4. The van der Waals surface area contributed by atoms with Crippen LogP contribution in [0.25, 0.3) is 0 Å². The molecule has 1 N–H and O–H groups in total. The van der Waals surface area contributed by atoms with Crippen LogP contribution in [0.2, 0.25) is 0 Å². The van der Waals surface area contributed by atoms with Gasteiger partial charge in [0.2, 0.25) is 0 Å². The van der Waals surface area contributed by atoms with Gasteiger partial charge in [0.1, 0.15) is 17.9 Å². The van der Waals surface area contributed by atoms with Gasteiger partial charge in [0.15, 0.2) is 17.5 Å². The van der Waals surface area contributed by atoms with E-state index < -0.39 is 17.6 Å². The van der Waals surface area contributed by atoms with E-state index in [1.165, 1.54) is 35.8 Å². The highest BCUT2D eigenvalue weighted by Crippen LogP contribution is 2.28. The Morgan fingerprint density at radius 3 is 2.44 bits per heavy atom. The first-order chi connectivity index (χ1) is 17.3. The van der Waals surface area contributed by atoms with E-state index in [1.807, 2.05) is 0 Å². The number of aryl methyl sites for hydroxylation is 2. The maximum absolute atomic E-state index is 13.4. The number of carbonyl (C=O) groups excluding carboxylic acids is 2. The van der Waals surface area contributed by atoms with Crippen molar-refractivity contribution in [3.63, 3.8) is 0 Å². The quantitative estimate of drug-likeness (QED) is 0.286. The molecule has 2 aromatic heterocycles. The van der Waals surface area contributed by atoms with Crippen molar-refractivity contribution in [1.29, 1.82) is 0 Å². The highest BCUT2D eigenvalue weighted by atomic mass is 32.1. The number of nitrogens with one attached hydrogen (secondary N) is 1. The van der Waals surface area contributed by atoms with Crippen molar-refractivity contribution in [1.82, 2.24) is 10.3 Å². The van der Waals surface area contributed by atoms with Gasteiger partial charge in [-0.25, -0.2) is 18.2 Å². The topological polar surface area (TPSA) is 72.2 Å². The highest BCUT2D eigenvalue weighted by molar-refractivity contribution is 7.14. The molecule has 2 aromatic carbocycles. The van der Waals surface area contributed by atoms with Crippen LogP contribution in [-0.4, -0.2) is 16.7 Å². The minimum atomic E-state index is -0.974. The zero-order valence-electron chi connectivity index (χ0n) is 19.4. The molecule has 186 valence electrons. The third-order valence-corrected chi connectivity index (χ3v) is 6.79. The smallest absolute Gasteiger partial charge is 0.261 e. The lowest BCUT2D eigenvalue weighted by Crippen LogP contribution is -2.21. The normalized spacial score (nSPS) is 11.9. The molecular formula is C27H23F3N2O3S. The fourth-order valence-electron chi connectivity index (χ4n) is 3.75. The SMILES string of the molecule is Cc1nc([C@H](Cc2ccc(C(=O)NCc3ccc(F)c(F)c3)s2)C(=O)CCc2ccc(F)cc2)co1. The van der Waals surface area contributed by atoms with Crippen molar-refractivity contribution < 1.29 is 27.2 Å². The molecule has 0 unspecified atom stereocenters. The molecule has 0 saturated carbocycles. The molecule has 9 heteroatoms. The Morgan fingerprint density at radius 2 is 1.75 bits per heavy atom. The highest BCUT2D eigenvalue weighted by Gasteiger charge is 2.25. The third-order valence-electron chi connectivity index (χ3n) is 5.68. The van der Waals surface area contributed by atoms with Gasteiger partial charge in [0.05, 0.1) is 16.5 Å². The van der Waals surface area contributed by atoms with Crippen molar-refractivity contribution in [3.05, 3.63) is 111 Å². The summed E-state index contributed by atoms with van der Waals surface area (Å²) in [6, 6.07) is 12.9. The molecule has 0 aliphatic heterocycles. The third kappa shape index (κ3) is 6.48. The van der Waals surface area contributed by atoms with E-state index in [9.17, 15) is 22.8 Å². The second kappa shape index (κ2) is 11.3. The lowest BCUT2D eigenvalue weighted by Gasteiger charge is -2.12. The van der Waals surface area contributed by atoms with Crippen molar-refractivity contribution >= 4 is 23.0 Å². The number of amides is 1. The van der Waals surface area contributed by atoms with E-state index in [4.69, 9.17) is 4.42 Å². The Hall–Kier alpha value is -3.72. The molecule has 0 aliphatic carbocycles. The van der Waals surface area contributed by atoms with E-state index in [-0.39, 0.29) is 30.5 Å². The van der Waals surface area contributed by atoms with Gasteiger partial charge in [0, 0.05) is 24.8 Å². The van der Waals surface area contributed by atoms with Crippen molar-refractivity contribution in [2.75, 3.05) is 0 Å². The Labute approximate surface area is 210 Å². The van der Waals surface area contributed by atoms with Crippen LogP contribution in [0.3, 0.4) is 0 Å². The number of benzene rings is 2. The lowest BCUT2D eigenvalue weighted by molar-refractivity contribution is -0.120. The number of carbonyl (C=O) groups is 2. The fraction of sp³-hybridized carbons (Fsp3) is 0.222. The van der Waals surface area contributed by atoms with Gasteiger partial charge < -0.3 is 9.73 Å². The van der Waals surface area contributed by atoms with Crippen molar-refractivity contribution in [3.8, 4) is 0 Å². The van der Waals surface area contributed by atoms with Crippen LogP contribution in [0.1, 0.15) is 49.6 Å². The van der Waals surface area contributed by atoms with Gasteiger partial charge in [-0.3, -0.25) is 9.59 Å². The minimum absolute atomic E-state index is 0.0367. The molecule has 0 spiro atoms. The first-order valence-corrected chi connectivity index (χ1v) is 12.1. The number of halogens is 3. The molecule has 4 aromatic rings. The van der Waals surface area contributed by atoms with Crippen LogP contribution >= 0.6 is 11.3 Å². The van der Waals surface area contributed by atoms with E-state index in [0.717, 1.165) is 22.6 Å². The minimum Gasteiger partial charge on any atom is -0.449 e. The molecule has 1 atom stereocenters.